The van der Waals surface area contributed by atoms with Crippen LogP contribution in [0.2, 0.25) is 5.02 Å². The van der Waals surface area contributed by atoms with Crippen LogP contribution in [0.3, 0.4) is 0 Å². The Bertz CT molecular complexity index is 1630. The van der Waals surface area contributed by atoms with Gasteiger partial charge in [0, 0.05) is 30.9 Å². The molecule has 0 saturated carbocycles. The molecule has 212 valence electrons. The molecule has 1 saturated heterocycles. The predicted molar refractivity (Wildman–Crippen MR) is 158 cm³/mol. The molecule has 0 spiro atoms. The van der Waals surface area contributed by atoms with Crippen molar-refractivity contribution < 1.29 is 13.9 Å². The number of piperidine rings is 1. The fourth-order valence-corrected chi connectivity index (χ4v) is 5.55. The summed E-state index contributed by atoms with van der Waals surface area (Å²) in [5, 5.41) is 0.343. The zero-order valence-electron chi connectivity index (χ0n) is 23.0. The van der Waals surface area contributed by atoms with Gasteiger partial charge in [-0.2, -0.15) is 0 Å². The lowest BCUT2D eigenvalue weighted by Crippen LogP contribution is -2.38. The number of halogens is 2. The van der Waals surface area contributed by atoms with Crippen molar-refractivity contribution in [1.29, 1.82) is 0 Å². The number of para-hydroxylation sites is 2. The Balaban J connectivity index is 1.06. The van der Waals surface area contributed by atoms with Crippen LogP contribution >= 0.6 is 11.6 Å². The SMILES string of the molecule is CCn1cncc1Cn1c(CN2CCC(Oc3cccc(COc4ccc(Cl)cc4F)c3)CC2)nc2ccccc21. The van der Waals surface area contributed by atoms with E-state index in [-0.39, 0.29) is 18.5 Å². The quantitative estimate of drug-likeness (QED) is 0.186. The Morgan fingerprint density at radius 1 is 1.00 bits per heavy atom. The lowest BCUT2D eigenvalue weighted by molar-refractivity contribution is 0.0947. The molecule has 0 amide bonds. The molecule has 0 bridgehead atoms. The first kappa shape index (κ1) is 27.3. The Kier molecular flexibility index (Phi) is 8.21. The van der Waals surface area contributed by atoms with Gasteiger partial charge in [0.05, 0.1) is 36.1 Å². The maximum absolute atomic E-state index is 14.1. The Hall–Kier alpha value is -3.88. The Labute approximate surface area is 244 Å². The largest absolute Gasteiger partial charge is 0.490 e. The molecule has 7 nitrogen and oxygen atoms in total. The van der Waals surface area contributed by atoms with Crippen LogP contribution in [-0.4, -0.2) is 43.2 Å². The lowest BCUT2D eigenvalue weighted by Gasteiger charge is -2.32. The van der Waals surface area contributed by atoms with Gasteiger partial charge in [-0.05, 0) is 67.8 Å². The molecule has 0 atom stereocenters. The number of imidazole rings is 2. The third-order valence-corrected chi connectivity index (χ3v) is 7.82. The minimum absolute atomic E-state index is 0.133. The maximum Gasteiger partial charge on any atom is 0.166 e. The number of likely N-dealkylation sites (tertiary alicyclic amines) is 1. The summed E-state index contributed by atoms with van der Waals surface area (Å²) >= 11 is 5.83. The predicted octanol–water partition coefficient (Wildman–Crippen LogP) is 6.72. The minimum atomic E-state index is -0.472. The van der Waals surface area contributed by atoms with Gasteiger partial charge in [0.1, 0.15) is 24.3 Å². The van der Waals surface area contributed by atoms with Crippen LogP contribution in [0.5, 0.6) is 11.5 Å². The van der Waals surface area contributed by atoms with Crippen LogP contribution in [0.1, 0.15) is 36.8 Å². The van der Waals surface area contributed by atoms with Crippen molar-refractivity contribution in [2.75, 3.05) is 13.1 Å². The number of ether oxygens (including phenoxy) is 2. The van der Waals surface area contributed by atoms with Crippen molar-refractivity contribution in [3.8, 4) is 11.5 Å². The smallest absolute Gasteiger partial charge is 0.166 e. The molecular formula is C32H33ClFN5O2. The van der Waals surface area contributed by atoms with E-state index in [4.69, 9.17) is 26.1 Å². The molecule has 5 aromatic rings. The zero-order chi connectivity index (χ0) is 28.2. The zero-order valence-corrected chi connectivity index (χ0v) is 23.8. The Morgan fingerprint density at radius 3 is 2.68 bits per heavy atom. The van der Waals surface area contributed by atoms with Gasteiger partial charge in [0.2, 0.25) is 0 Å². The van der Waals surface area contributed by atoms with Gasteiger partial charge in [-0.25, -0.2) is 14.4 Å². The molecular weight excluding hydrogens is 541 g/mol. The molecule has 1 aliphatic rings. The third-order valence-electron chi connectivity index (χ3n) is 7.58. The summed E-state index contributed by atoms with van der Waals surface area (Å²) in [5.41, 5.74) is 4.26. The molecule has 6 rings (SSSR count). The highest BCUT2D eigenvalue weighted by Gasteiger charge is 2.23. The van der Waals surface area contributed by atoms with E-state index in [1.165, 1.54) is 11.8 Å². The first-order valence-electron chi connectivity index (χ1n) is 14.0. The van der Waals surface area contributed by atoms with E-state index >= 15 is 0 Å². The van der Waals surface area contributed by atoms with E-state index in [2.05, 4.69) is 44.1 Å². The number of aromatic nitrogens is 4. The molecule has 9 heteroatoms. The van der Waals surface area contributed by atoms with E-state index < -0.39 is 5.82 Å². The summed E-state index contributed by atoms with van der Waals surface area (Å²) in [7, 11) is 0. The van der Waals surface area contributed by atoms with Crippen LogP contribution < -0.4 is 9.47 Å². The van der Waals surface area contributed by atoms with Crippen molar-refractivity contribution in [2.24, 2.45) is 0 Å². The van der Waals surface area contributed by atoms with Gasteiger partial charge in [0.15, 0.2) is 11.6 Å². The molecule has 1 fully saturated rings. The monoisotopic (exact) mass is 573 g/mol. The fraction of sp³-hybridized carbons (Fsp3) is 0.312. The van der Waals surface area contributed by atoms with Crippen LogP contribution in [0, 0.1) is 5.82 Å². The topological polar surface area (TPSA) is 57.3 Å². The van der Waals surface area contributed by atoms with Gasteiger partial charge in [-0.1, -0.05) is 35.9 Å². The second-order valence-electron chi connectivity index (χ2n) is 10.4. The average Bonchev–Trinajstić information content (AvgIpc) is 3.58. The van der Waals surface area contributed by atoms with Gasteiger partial charge < -0.3 is 18.6 Å². The molecule has 0 N–H and O–H groups in total. The van der Waals surface area contributed by atoms with E-state index in [0.717, 1.165) is 73.7 Å². The maximum atomic E-state index is 14.1. The summed E-state index contributed by atoms with van der Waals surface area (Å²) < 4.78 is 30.6. The summed E-state index contributed by atoms with van der Waals surface area (Å²) in [5.74, 6) is 1.58. The van der Waals surface area contributed by atoms with Gasteiger partial charge in [-0.3, -0.25) is 4.90 Å². The van der Waals surface area contributed by atoms with Crippen LogP contribution in [-0.2, 0) is 26.2 Å². The number of fused-ring (bicyclic) bond motifs is 1. The number of hydrogen-bond donors (Lipinski definition) is 0. The van der Waals surface area contributed by atoms with Crippen molar-refractivity contribution in [2.45, 2.75) is 52.1 Å². The molecule has 1 aliphatic heterocycles. The molecule has 3 heterocycles. The number of hydrogen-bond acceptors (Lipinski definition) is 5. The highest BCUT2D eigenvalue weighted by atomic mass is 35.5. The fourth-order valence-electron chi connectivity index (χ4n) is 5.39. The standard InChI is InChI=1S/C32H33ClFN5O2/c1-2-38-22-35-18-25(38)19-39-30-9-4-3-8-29(30)36-32(39)20-37-14-12-26(13-15-37)41-27-7-5-6-23(16-27)21-40-31-11-10-24(33)17-28(31)34/h3-11,16-18,22,26H,2,12-15,19-21H2,1H3. The highest BCUT2D eigenvalue weighted by molar-refractivity contribution is 6.30. The number of nitrogens with zero attached hydrogens (tertiary/aromatic N) is 5. The van der Waals surface area contributed by atoms with Crippen molar-refractivity contribution in [3.05, 3.63) is 107 Å². The van der Waals surface area contributed by atoms with Crippen LogP contribution in [0.4, 0.5) is 4.39 Å². The molecule has 3 aromatic carbocycles. The highest BCUT2D eigenvalue weighted by Crippen LogP contribution is 2.25. The van der Waals surface area contributed by atoms with Crippen molar-refractivity contribution in [1.82, 2.24) is 24.0 Å². The lowest BCUT2D eigenvalue weighted by atomic mass is 10.1. The second kappa shape index (κ2) is 12.3. The normalized spacial score (nSPS) is 14.5. The molecule has 41 heavy (non-hydrogen) atoms. The first-order chi connectivity index (χ1) is 20.1. The summed E-state index contributed by atoms with van der Waals surface area (Å²) in [6, 6.07) is 20.6. The summed E-state index contributed by atoms with van der Waals surface area (Å²) in [6.45, 7) is 6.66. The molecule has 0 unspecified atom stereocenters. The molecule has 2 aromatic heterocycles. The molecule has 0 aliphatic carbocycles. The Morgan fingerprint density at radius 2 is 1.85 bits per heavy atom. The second-order valence-corrected chi connectivity index (χ2v) is 10.8. The third kappa shape index (κ3) is 6.39. The van der Waals surface area contributed by atoms with E-state index in [0.29, 0.717) is 5.02 Å². The average molecular weight is 574 g/mol. The number of aryl methyl sites for hydroxylation is 1. The number of benzene rings is 3. The van der Waals surface area contributed by atoms with Gasteiger partial charge in [-0.15, -0.1) is 0 Å². The van der Waals surface area contributed by atoms with Crippen molar-refractivity contribution in [3.63, 3.8) is 0 Å². The number of rotatable bonds is 10. The van der Waals surface area contributed by atoms with E-state index in [1.54, 1.807) is 12.1 Å². The van der Waals surface area contributed by atoms with E-state index in [9.17, 15) is 4.39 Å². The first-order valence-corrected chi connectivity index (χ1v) is 14.4. The van der Waals surface area contributed by atoms with Crippen molar-refractivity contribution >= 4 is 22.6 Å². The molecule has 0 radical (unpaired) electrons. The van der Waals surface area contributed by atoms with Gasteiger partial charge >= 0.3 is 0 Å². The summed E-state index contributed by atoms with van der Waals surface area (Å²) in [4.78, 5) is 11.8. The summed E-state index contributed by atoms with van der Waals surface area (Å²) in [6.07, 6.45) is 5.83. The van der Waals surface area contributed by atoms with E-state index in [1.807, 2.05) is 42.9 Å². The minimum Gasteiger partial charge on any atom is -0.490 e. The van der Waals surface area contributed by atoms with Crippen LogP contribution in [0.25, 0.3) is 11.0 Å². The van der Waals surface area contributed by atoms with Crippen LogP contribution in [0.15, 0.2) is 79.3 Å². The van der Waals surface area contributed by atoms with Gasteiger partial charge in [0.25, 0.3) is 0 Å².